The molecule has 2 unspecified atom stereocenters. The summed E-state index contributed by atoms with van der Waals surface area (Å²) in [5.74, 6) is 0. The van der Waals surface area contributed by atoms with Crippen molar-refractivity contribution in [2.45, 2.75) is 45.0 Å². The van der Waals surface area contributed by atoms with Crippen LogP contribution in [0.2, 0.25) is 0 Å². The molecule has 3 nitrogen and oxygen atoms in total. The van der Waals surface area contributed by atoms with E-state index in [1.807, 2.05) is 31.2 Å². The highest BCUT2D eigenvalue weighted by molar-refractivity contribution is 5.31. The molecule has 1 heterocycles. The first kappa shape index (κ1) is 13.1. The summed E-state index contributed by atoms with van der Waals surface area (Å²) in [7, 11) is 0. The monoisotopic (exact) mass is 245 g/mol. The zero-order valence-electron chi connectivity index (χ0n) is 10.8. The third-order valence-electron chi connectivity index (χ3n) is 3.26. The van der Waals surface area contributed by atoms with Crippen LogP contribution in [0.25, 0.3) is 0 Å². The van der Waals surface area contributed by atoms with Gasteiger partial charge < -0.3 is 9.47 Å². The molecule has 96 valence electrons. The lowest BCUT2D eigenvalue weighted by molar-refractivity contribution is -0.186. The van der Waals surface area contributed by atoms with E-state index in [1.54, 1.807) is 0 Å². The van der Waals surface area contributed by atoms with Crippen LogP contribution in [0.1, 0.15) is 43.4 Å². The van der Waals surface area contributed by atoms with Gasteiger partial charge in [0.15, 0.2) is 6.29 Å². The van der Waals surface area contributed by atoms with Crippen LogP contribution < -0.4 is 0 Å². The average Bonchev–Trinajstić information content (AvgIpc) is 2.41. The summed E-state index contributed by atoms with van der Waals surface area (Å²) >= 11 is 0. The third-order valence-corrected chi connectivity index (χ3v) is 3.26. The SMILES string of the molecule is CC(OC1CCCCO1)c1ccccc1CC#N. The zero-order chi connectivity index (χ0) is 12.8. The number of hydrogen-bond donors (Lipinski definition) is 0. The average molecular weight is 245 g/mol. The first-order chi connectivity index (χ1) is 8.81. The van der Waals surface area contributed by atoms with Crippen LogP contribution in [0, 0.1) is 11.3 Å². The first-order valence-corrected chi connectivity index (χ1v) is 6.53. The lowest BCUT2D eigenvalue weighted by atomic mass is 10.0. The lowest BCUT2D eigenvalue weighted by Crippen LogP contribution is -2.23. The van der Waals surface area contributed by atoms with Crippen LogP contribution in [0.3, 0.4) is 0 Å². The van der Waals surface area contributed by atoms with Gasteiger partial charge in [0.1, 0.15) is 0 Å². The van der Waals surface area contributed by atoms with Crippen LogP contribution in [-0.4, -0.2) is 12.9 Å². The van der Waals surface area contributed by atoms with Crippen molar-refractivity contribution in [3.63, 3.8) is 0 Å². The molecule has 1 fully saturated rings. The molecule has 2 rings (SSSR count). The summed E-state index contributed by atoms with van der Waals surface area (Å²) < 4.78 is 11.5. The van der Waals surface area contributed by atoms with Crippen molar-refractivity contribution < 1.29 is 9.47 Å². The van der Waals surface area contributed by atoms with Gasteiger partial charge in [0.05, 0.1) is 18.6 Å². The van der Waals surface area contributed by atoms with Gasteiger partial charge >= 0.3 is 0 Å². The molecular formula is C15H19NO2. The van der Waals surface area contributed by atoms with E-state index in [2.05, 4.69) is 6.07 Å². The summed E-state index contributed by atoms with van der Waals surface area (Å²) in [5, 5.41) is 8.83. The summed E-state index contributed by atoms with van der Waals surface area (Å²) in [6.07, 6.45) is 3.55. The molecule has 1 aromatic rings. The summed E-state index contributed by atoms with van der Waals surface area (Å²) in [5.41, 5.74) is 2.14. The van der Waals surface area contributed by atoms with Crippen molar-refractivity contribution >= 4 is 0 Å². The van der Waals surface area contributed by atoms with Crippen LogP contribution >= 0.6 is 0 Å². The molecular weight excluding hydrogens is 226 g/mol. The van der Waals surface area contributed by atoms with E-state index in [-0.39, 0.29) is 12.4 Å². The summed E-state index contributed by atoms with van der Waals surface area (Å²) in [4.78, 5) is 0. The number of nitriles is 1. The Morgan fingerprint density at radius 1 is 1.44 bits per heavy atom. The van der Waals surface area contributed by atoms with E-state index in [4.69, 9.17) is 14.7 Å². The Bertz CT molecular complexity index is 419. The fourth-order valence-electron chi connectivity index (χ4n) is 2.30. The number of ether oxygens (including phenoxy) is 2. The van der Waals surface area contributed by atoms with Gasteiger partial charge in [0.2, 0.25) is 0 Å². The Balaban J connectivity index is 2.03. The predicted octanol–water partition coefficient (Wildman–Crippen LogP) is 3.36. The standard InChI is InChI=1S/C15H19NO2/c1-12(18-15-8-4-5-11-17-15)14-7-3-2-6-13(14)9-10-16/h2-3,6-7,12,15H,4-5,8-9,11H2,1H3. The minimum absolute atomic E-state index is 0.0300. The van der Waals surface area contributed by atoms with E-state index < -0.39 is 0 Å². The quantitative estimate of drug-likeness (QED) is 0.816. The van der Waals surface area contributed by atoms with Gasteiger partial charge in [-0.2, -0.15) is 5.26 Å². The van der Waals surface area contributed by atoms with Gasteiger partial charge in [-0.15, -0.1) is 0 Å². The highest BCUT2D eigenvalue weighted by Crippen LogP contribution is 2.26. The molecule has 0 bridgehead atoms. The molecule has 1 saturated heterocycles. The fourth-order valence-corrected chi connectivity index (χ4v) is 2.30. The number of nitrogens with zero attached hydrogens (tertiary/aromatic N) is 1. The van der Waals surface area contributed by atoms with Crippen molar-refractivity contribution in [2.24, 2.45) is 0 Å². The van der Waals surface area contributed by atoms with Crippen molar-refractivity contribution in [1.82, 2.24) is 0 Å². The van der Waals surface area contributed by atoms with Crippen LogP contribution in [-0.2, 0) is 15.9 Å². The molecule has 0 radical (unpaired) electrons. The molecule has 0 aromatic heterocycles. The molecule has 1 aromatic carbocycles. The van der Waals surface area contributed by atoms with Gasteiger partial charge in [0, 0.05) is 6.61 Å². The highest BCUT2D eigenvalue weighted by Gasteiger charge is 2.19. The molecule has 1 aliphatic rings. The molecule has 0 saturated carbocycles. The third kappa shape index (κ3) is 3.32. The minimum Gasteiger partial charge on any atom is -0.353 e. The Kier molecular flexibility index (Phi) is 4.74. The van der Waals surface area contributed by atoms with Gasteiger partial charge in [-0.05, 0) is 37.3 Å². The van der Waals surface area contributed by atoms with Crippen molar-refractivity contribution in [3.8, 4) is 6.07 Å². The maximum Gasteiger partial charge on any atom is 0.158 e. The second-order valence-electron chi connectivity index (χ2n) is 4.61. The molecule has 1 aliphatic heterocycles. The minimum atomic E-state index is -0.0936. The normalized spacial score (nSPS) is 21.2. The Morgan fingerprint density at radius 2 is 2.28 bits per heavy atom. The summed E-state index contributed by atoms with van der Waals surface area (Å²) in [6, 6.07) is 10.2. The molecule has 0 aliphatic carbocycles. The Labute approximate surface area is 108 Å². The van der Waals surface area contributed by atoms with E-state index in [0.717, 1.165) is 37.0 Å². The van der Waals surface area contributed by atoms with Crippen LogP contribution in [0.4, 0.5) is 0 Å². The van der Waals surface area contributed by atoms with Gasteiger partial charge in [-0.3, -0.25) is 0 Å². The molecule has 0 amide bonds. The van der Waals surface area contributed by atoms with Crippen LogP contribution in [0.5, 0.6) is 0 Å². The van der Waals surface area contributed by atoms with Crippen molar-refractivity contribution in [3.05, 3.63) is 35.4 Å². The second kappa shape index (κ2) is 6.53. The fraction of sp³-hybridized carbons (Fsp3) is 0.533. The van der Waals surface area contributed by atoms with Crippen LogP contribution in [0.15, 0.2) is 24.3 Å². The van der Waals surface area contributed by atoms with Gasteiger partial charge in [0.25, 0.3) is 0 Å². The largest absolute Gasteiger partial charge is 0.353 e. The molecule has 3 heteroatoms. The predicted molar refractivity (Wildman–Crippen MR) is 68.9 cm³/mol. The van der Waals surface area contributed by atoms with Gasteiger partial charge in [-0.1, -0.05) is 24.3 Å². The van der Waals surface area contributed by atoms with Crippen molar-refractivity contribution in [2.75, 3.05) is 6.61 Å². The molecule has 18 heavy (non-hydrogen) atoms. The maximum atomic E-state index is 8.83. The smallest absolute Gasteiger partial charge is 0.158 e. The molecule has 0 N–H and O–H groups in total. The Morgan fingerprint density at radius 3 is 3.00 bits per heavy atom. The summed E-state index contributed by atoms with van der Waals surface area (Å²) in [6.45, 7) is 2.81. The lowest BCUT2D eigenvalue weighted by Gasteiger charge is -2.27. The topological polar surface area (TPSA) is 42.2 Å². The molecule has 2 atom stereocenters. The number of hydrogen-bond acceptors (Lipinski definition) is 3. The van der Waals surface area contributed by atoms with E-state index in [1.165, 1.54) is 0 Å². The second-order valence-corrected chi connectivity index (χ2v) is 4.61. The maximum absolute atomic E-state index is 8.83. The highest BCUT2D eigenvalue weighted by atomic mass is 16.7. The van der Waals surface area contributed by atoms with Crippen molar-refractivity contribution in [1.29, 1.82) is 5.26 Å². The number of benzene rings is 1. The number of rotatable bonds is 4. The zero-order valence-corrected chi connectivity index (χ0v) is 10.8. The Hall–Kier alpha value is -1.37. The molecule has 0 spiro atoms. The van der Waals surface area contributed by atoms with E-state index in [0.29, 0.717) is 6.42 Å². The van der Waals surface area contributed by atoms with E-state index in [9.17, 15) is 0 Å². The van der Waals surface area contributed by atoms with Gasteiger partial charge in [-0.25, -0.2) is 0 Å². The first-order valence-electron chi connectivity index (χ1n) is 6.53. The van der Waals surface area contributed by atoms with E-state index >= 15 is 0 Å².